The van der Waals surface area contributed by atoms with Crippen molar-refractivity contribution in [2.45, 2.75) is 32.2 Å². The van der Waals surface area contributed by atoms with Crippen molar-refractivity contribution in [1.82, 2.24) is 4.90 Å². The summed E-state index contributed by atoms with van der Waals surface area (Å²) in [6.45, 7) is 5.08. The molecular weight excluding hydrogens is 410 g/mol. The van der Waals surface area contributed by atoms with Crippen LogP contribution in [0.3, 0.4) is 0 Å². The summed E-state index contributed by atoms with van der Waals surface area (Å²) in [5, 5.41) is 26.7. The minimum atomic E-state index is -0.609. The summed E-state index contributed by atoms with van der Waals surface area (Å²) in [7, 11) is 0. The number of aromatic hydroxyl groups is 1. The van der Waals surface area contributed by atoms with Gasteiger partial charge in [0.15, 0.2) is 0 Å². The van der Waals surface area contributed by atoms with Crippen molar-refractivity contribution in [2.75, 3.05) is 54.9 Å². The number of benzene rings is 2. The van der Waals surface area contributed by atoms with E-state index in [-0.39, 0.29) is 18.7 Å². The van der Waals surface area contributed by atoms with Gasteiger partial charge in [-0.1, -0.05) is 6.07 Å². The SMILES string of the molecule is Cc1cc(N)c(N)c(OCC(O)CN2CCC(COC3Nc4cccc(O)c4N3)CC2)c1. The number of nitrogens with zero attached hydrogens (tertiary/aromatic N) is 1. The topological polar surface area (TPSA) is 138 Å². The maximum atomic E-state index is 10.4. The fraction of sp³-hybridized carbons (Fsp3) is 0.478. The van der Waals surface area contributed by atoms with Crippen LogP contribution < -0.4 is 26.8 Å². The highest BCUT2D eigenvalue weighted by Crippen LogP contribution is 2.37. The van der Waals surface area contributed by atoms with E-state index in [1.165, 1.54) is 0 Å². The molecule has 0 aliphatic carbocycles. The highest BCUT2D eigenvalue weighted by atomic mass is 16.5. The molecule has 9 nitrogen and oxygen atoms in total. The van der Waals surface area contributed by atoms with Gasteiger partial charge in [0.2, 0.25) is 6.35 Å². The van der Waals surface area contributed by atoms with Crippen molar-refractivity contribution in [1.29, 1.82) is 0 Å². The Bertz CT molecular complexity index is 933. The van der Waals surface area contributed by atoms with Gasteiger partial charge in [-0.3, -0.25) is 0 Å². The Kier molecular flexibility index (Phi) is 6.78. The van der Waals surface area contributed by atoms with Crippen LogP contribution in [0, 0.1) is 12.8 Å². The van der Waals surface area contributed by atoms with Crippen LogP contribution in [0.1, 0.15) is 18.4 Å². The van der Waals surface area contributed by atoms with Crippen molar-refractivity contribution >= 4 is 22.7 Å². The molecule has 2 aliphatic heterocycles. The highest BCUT2D eigenvalue weighted by molar-refractivity contribution is 5.79. The predicted octanol–water partition coefficient (Wildman–Crippen LogP) is 2.15. The number of β-amino-alcohol motifs (C(OH)–C–C–N with tert-alkyl or cyclic N) is 1. The van der Waals surface area contributed by atoms with Gasteiger partial charge in [-0.15, -0.1) is 0 Å². The molecule has 2 atom stereocenters. The smallest absolute Gasteiger partial charge is 0.205 e. The van der Waals surface area contributed by atoms with Crippen LogP contribution in [0.2, 0.25) is 0 Å². The van der Waals surface area contributed by atoms with Gasteiger partial charge in [-0.2, -0.15) is 0 Å². The van der Waals surface area contributed by atoms with Gasteiger partial charge >= 0.3 is 0 Å². The minimum Gasteiger partial charge on any atom is -0.506 e. The van der Waals surface area contributed by atoms with E-state index in [1.807, 2.05) is 19.1 Å². The number of nitrogens with two attached hydrogens (primary N) is 2. The number of ether oxygens (including phenoxy) is 2. The minimum absolute atomic E-state index is 0.169. The zero-order valence-corrected chi connectivity index (χ0v) is 18.4. The number of fused-ring (bicyclic) bond motifs is 1. The number of likely N-dealkylation sites (tertiary alicyclic amines) is 1. The van der Waals surface area contributed by atoms with Crippen LogP contribution in [0.5, 0.6) is 11.5 Å². The molecule has 1 saturated heterocycles. The Balaban J connectivity index is 1.15. The number of rotatable bonds is 8. The number of phenolic OH excluding ortho intramolecular Hbond substituents is 1. The normalized spacial score (nSPS) is 19.8. The van der Waals surface area contributed by atoms with Crippen LogP contribution in [-0.2, 0) is 4.74 Å². The third kappa shape index (κ3) is 5.29. The first kappa shape index (κ1) is 22.3. The van der Waals surface area contributed by atoms with Gasteiger partial charge < -0.3 is 46.7 Å². The van der Waals surface area contributed by atoms with E-state index in [0.29, 0.717) is 41.9 Å². The molecule has 0 saturated carbocycles. The third-order valence-electron chi connectivity index (χ3n) is 6.03. The molecule has 2 aromatic carbocycles. The number of para-hydroxylation sites is 1. The lowest BCUT2D eigenvalue weighted by molar-refractivity contribution is 0.0236. The van der Waals surface area contributed by atoms with E-state index in [9.17, 15) is 10.2 Å². The monoisotopic (exact) mass is 443 g/mol. The van der Waals surface area contributed by atoms with Gasteiger partial charge in [0, 0.05) is 6.54 Å². The quantitative estimate of drug-likeness (QED) is 0.268. The molecule has 174 valence electrons. The fourth-order valence-corrected chi connectivity index (χ4v) is 4.22. The van der Waals surface area contributed by atoms with E-state index < -0.39 is 6.10 Å². The van der Waals surface area contributed by atoms with E-state index in [4.69, 9.17) is 20.9 Å². The van der Waals surface area contributed by atoms with E-state index in [2.05, 4.69) is 15.5 Å². The number of hydrogen-bond acceptors (Lipinski definition) is 9. The number of nitrogens with one attached hydrogen (secondary N) is 2. The maximum absolute atomic E-state index is 10.4. The molecule has 2 unspecified atom stereocenters. The highest BCUT2D eigenvalue weighted by Gasteiger charge is 2.26. The number of aliphatic hydroxyl groups is 1. The van der Waals surface area contributed by atoms with Crippen LogP contribution >= 0.6 is 0 Å². The van der Waals surface area contributed by atoms with E-state index in [1.54, 1.807) is 18.2 Å². The van der Waals surface area contributed by atoms with E-state index >= 15 is 0 Å². The average molecular weight is 444 g/mol. The van der Waals surface area contributed by atoms with Gasteiger partial charge in [0.25, 0.3) is 0 Å². The second-order valence-electron chi connectivity index (χ2n) is 8.68. The molecule has 32 heavy (non-hydrogen) atoms. The second kappa shape index (κ2) is 9.72. The summed E-state index contributed by atoms with van der Waals surface area (Å²) in [6.07, 6.45) is 1.06. The first-order valence-electron chi connectivity index (χ1n) is 11.0. The number of aryl methyl sites for hydroxylation is 1. The molecule has 1 fully saturated rings. The third-order valence-corrected chi connectivity index (χ3v) is 6.03. The molecule has 0 spiro atoms. The van der Waals surface area contributed by atoms with E-state index in [0.717, 1.165) is 37.2 Å². The Morgan fingerprint density at radius 3 is 2.72 bits per heavy atom. The lowest BCUT2D eigenvalue weighted by atomic mass is 9.97. The largest absolute Gasteiger partial charge is 0.506 e. The van der Waals surface area contributed by atoms with Crippen LogP contribution in [0.4, 0.5) is 22.7 Å². The summed E-state index contributed by atoms with van der Waals surface area (Å²) in [6, 6.07) is 8.98. The van der Waals surface area contributed by atoms with Crippen molar-refractivity contribution in [3.05, 3.63) is 35.9 Å². The van der Waals surface area contributed by atoms with Crippen molar-refractivity contribution in [3.63, 3.8) is 0 Å². The van der Waals surface area contributed by atoms with Crippen LogP contribution in [0.25, 0.3) is 0 Å². The summed E-state index contributed by atoms with van der Waals surface area (Å²) in [5.41, 5.74) is 15.2. The van der Waals surface area contributed by atoms with Gasteiger partial charge in [0.05, 0.1) is 23.7 Å². The Morgan fingerprint density at radius 2 is 1.97 bits per heavy atom. The number of anilines is 4. The molecule has 9 heteroatoms. The predicted molar refractivity (Wildman–Crippen MR) is 126 cm³/mol. The van der Waals surface area contributed by atoms with Crippen molar-refractivity contribution in [3.8, 4) is 11.5 Å². The van der Waals surface area contributed by atoms with Gasteiger partial charge in [0.1, 0.15) is 29.9 Å². The first-order valence-corrected chi connectivity index (χ1v) is 11.0. The lowest BCUT2D eigenvalue weighted by Crippen LogP contribution is -2.42. The number of hydrogen-bond donors (Lipinski definition) is 6. The fourth-order valence-electron chi connectivity index (χ4n) is 4.22. The van der Waals surface area contributed by atoms with Crippen LogP contribution in [-0.4, -0.2) is 60.4 Å². The summed E-state index contributed by atoms with van der Waals surface area (Å²) in [5.74, 6) is 1.18. The molecular formula is C23H33N5O4. The van der Waals surface area contributed by atoms with Crippen LogP contribution in [0.15, 0.2) is 30.3 Å². The molecule has 2 aliphatic rings. The lowest BCUT2D eigenvalue weighted by Gasteiger charge is -2.33. The molecule has 2 aromatic rings. The molecule has 0 aromatic heterocycles. The Morgan fingerprint density at radius 1 is 1.19 bits per heavy atom. The van der Waals surface area contributed by atoms with Gasteiger partial charge in [-0.25, -0.2) is 0 Å². The first-order chi connectivity index (χ1) is 15.4. The number of nitrogen functional groups attached to an aromatic ring is 2. The van der Waals surface area contributed by atoms with Crippen molar-refractivity contribution < 1.29 is 19.7 Å². The second-order valence-corrected chi connectivity index (χ2v) is 8.68. The summed E-state index contributed by atoms with van der Waals surface area (Å²) < 4.78 is 11.7. The number of aliphatic hydroxyl groups excluding tert-OH is 1. The number of phenols is 1. The molecule has 0 bridgehead atoms. The standard InChI is InChI=1S/C23H33N5O4/c1-14-9-17(24)21(25)20(10-14)31-13-16(29)11-28-7-5-15(6-8-28)12-32-23-26-18-3-2-4-19(30)22(18)27-23/h2-4,9-10,15-16,23,26-27,29-30H,5-8,11-13,24-25H2,1H3. The number of piperidine rings is 1. The van der Waals surface area contributed by atoms with Gasteiger partial charge in [-0.05, 0) is 68.6 Å². The molecule has 8 N–H and O–H groups in total. The molecule has 0 radical (unpaired) electrons. The molecule has 0 amide bonds. The summed E-state index contributed by atoms with van der Waals surface area (Å²) >= 11 is 0. The van der Waals surface area contributed by atoms with Crippen molar-refractivity contribution in [2.24, 2.45) is 5.92 Å². The average Bonchev–Trinajstić information content (AvgIpc) is 3.19. The summed E-state index contributed by atoms with van der Waals surface area (Å²) in [4.78, 5) is 2.25. The zero-order chi connectivity index (χ0) is 22.7. The molecule has 4 rings (SSSR count). The molecule has 2 heterocycles. The zero-order valence-electron chi connectivity index (χ0n) is 18.4. The Labute approximate surface area is 188 Å². The maximum Gasteiger partial charge on any atom is 0.205 e. The Hall–Kier alpha value is -2.88.